The summed E-state index contributed by atoms with van der Waals surface area (Å²) in [5, 5.41) is 17.9. The van der Waals surface area contributed by atoms with Gasteiger partial charge >= 0.3 is 0 Å². The molecule has 0 bridgehead atoms. The number of aryl methyl sites for hydroxylation is 1. The highest BCUT2D eigenvalue weighted by Gasteiger charge is 2.37. The number of Topliss-reactive ketones (excluding diaryl/α,β-unsaturated/α-hetero) is 1. The molecule has 33 heavy (non-hydrogen) atoms. The predicted molar refractivity (Wildman–Crippen MR) is 133 cm³/mol. The Morgan fingerprint density at radius 3 is 2.67 bits per heavy atom. The van der Waals surface area contributed by atoms with E-state index in [0.29, 0.717) is 38.3 Å². The van der Waals surface area contributed by atoms with Gasteiger partial charge in [0.2, 0.25) is 5.91 Å². The van der Waals surface area contributed by atoms with E-state index in [1.165, 1.54) is 11.8 Å². The maximum atomic E-state index is 12.8. The lowest BCUT2D eigenvalue weighted by Crippen LogP contribution is -2.31. The minimum absolute atomic E-state index is 0.0505. The van der Waals surface area contributed by atoms with Crippen LogP contribution in [0.3, 0.4) is 0 Å². The topological polar surface area (TPSA) is 82.0 Å². The second-order valence-electron chi connectivity index (χ2n) is 7.93. The Kier molecular flexibility index (Phi) is 7.14. The fourth-order valence-corrected chi connectivity index (χ4v) is 5.20. The van der Waals surface area contributed by atoms with E-state index in [-0.39, 0.29) is 17.4 Å². The van der Waals surface area contributed by atoms with Crippen LogP contribution < -0.4 is 10.6 Å². The number of carbonyl (C=O) groups is 2. The highest BCUT2D eigenvalue weighted by atomic mass is 35.5. The molecule has 0 radical (unpaired) electrons. The molecule has 0 fully saturated rings. The van der Waals surface area contributed by atoms with Crippen LogP contribution >= 0.6 is 35.0 Å². The van der Waals surface area contributed by atoms with Gasteiger partial charge in [0.25, 0.3) is 0 Å². The highest BCUT2D eigenvalue weighted by molar-refractivity contribution is 8.03. The van der Waals surface area contributed by atoms with Gasteiger partial charge in [-0.1, -0.05) is 53.2 Å². The number of halogens is 2. The number of anilines is 1. The summed E-state index contributed by atoms with van der Waals surface area (Å²) in [6.45, 7) is 1.89. The summed E-state index contributed by atoms with van der Waals surface area (Å²) < 4.78 is 0. The summed E-state index contributed by atoms with van der Waals surface area (Å²) >= 11 is 13.5. The fraction of sp³-hybridized carbons (Fsp3) is 0.240. The molecule has 0 aromatic heterocycles. The first kappa shape index (κ1) is 23.4. The quantitative estimate of drug-likeness (QED) is 0.521. The fourth-order valence-electron chi connectivity index (χ4n) is 4.03. The number of hydrogen-bond donors (Lipinski definition) is 2. The van der Waals surface area contributed by atoms with Crippen molar-refractivity contribution in [3.63, 3.8) is 0 Å². The van der Waals surface area contributed by atoms with Crippen LogP contribution in [0.2, 0.25) is 10.0 Å². The molecule has 0 unspecified atom stereocenters. The smallest absolute Gasteiger partial charge is 0.234 e. The van der Waals surface area contributed by atoms with Crippen molar-refractivity contribution in [2.75, 3.05) is 11.1 Å². The third-order valence-electron chi connectivity index (χ3n) is 5.67. The molecule has 8 heteroatoms. The van der Waals surface area contributed by atoms with Crippen molar-refractivity contribution in [1.29, 1.82) is 5.26 Å². The molecule has 1 aliphatic heterocycles. The maximum Gasteiger partial charge on any atom is 0.234 e. The normalized spacial score (nSPS) is 17.9. The molecule has 2 aromatic rings. The number of dihydropyridines is 1. The average Bonchev–Trinajstić information content (AvgIpc) is 2.80. The number of carbonyl (C=O) groups excluding carboxylic acids is 2. The molecule has 2 aromatic carbocycles. The summed E-state index contributed by atoms with van der Waals surface area (Å²) in [6.07, 6.45) is 1.95. The van der Waals surface area contributed by atoms with Crippen LogP contribution in [-0.2, 0) is 9.59 Å². The Balaban J connectivity index is 1.59. The summed E-state index contributed by atoms with van der Waals surface area (Å²) in [5.41, 5.74) is 4.28. The zero-order valence-electron chi connectivity index (χ0n) is 17.9. The Hall–Kier alpha value is -2.72. The number of hydrogen-bond acceptors (Lipinski definition) is 5. The van der Waals surface area contributed by atoms with Gasteiger partial charge in [-0.3, -0.25) is 9.59 Å². The van der Waals surface area contributed by atoms with Crippen molar-refractivity contribution in [2.45, 2.75) is 32.1 Å². The van der Waals surface area contributed by atoms with Gasteiger partial charge in [-0.2, -0.15) is 5.26 Å². The van der Waals surface area contributed by atoms with E-state index >= 15 is 0 Å². The first-order chi connectivity index (χ1) is 15.9. The molecule has 1 atom stereocenters. The lowest BCUT2D eigenvalue weighted by molar-refractivity contribution is -0.116. The van der Waals surface area contributed by atoms with E-state index in [1.807, 2.05) is 25.1 Å². The van der Waals surface area contributed by atoms with Crippen molar-refractivity contribution in [3.8, 4) is 6.07 Å². The van der Waals surface area contributed by atoms with Crippen LogP contribution in [0.1, 0.15) is 36.3 Å². The van der Waals surface area contributed by atoms with Crippen LogP contribution in [0.15, 0.2) is 64.3 Å². The monoisotopic (exact) mass is 497 g/mol. The number of allylic oxidation sites excluding steroid dienone is 3. The molecular weight excluding hydrogens is 477 g/mol. The zero-order chi connectivity index (χ0) is 23.5. The Morgan fingerprint density at radius 1 is 1.21 bits per heavy atom. The lowest BCUT2D eigenvalue weighted by atomic mass is 9.77. The van der Waals surface area contributed by atoms with E-state index in [2.05, 4.69) is 16.7 Å². The van der Waals surface area contributed by atoms with Crippen molar-refractivity contribution in [3.05, 3.63) is 85.5 Å². The molecule has 0 spiro atoms. The molecule has 1 heterocycles. The number of nitriles is 1. The molecule has 2 aliphatic rings. The zero-order valence-corrected chi connectivity index (χ0v) is 20.2. The van der Waals surface area contributed by atoms with Gasteiger partial charge in [-0.25, -0.2) is 0 Å². The number of nitrogens with one attached hydrogen (secondary N) is 2. The number of nitrogens with zero attached hydrogens (tertiary/aromatic N) is 1. The number of ketones is 1. The van der Waals surface area contributed by atoms with Crippen LogP contribution in [0.5, 0.6) is 0 Å². The van der Waals surface area contributed by atoms with Crippen molar-refractivity contribution in [1.82, 2.24) is 5.32 Å². The summed E-state index contributed by atoms with van der Waals surface area (Å²) in [4.78, 5) is 25.4. The summed E-state index contributed by atoms with van der Waals surface area (Å²) in [5.74, 6) is -0.538. The van der Waals surface area contributed by atoms with Gasteiger partial charge in [-0.05, 0) is 55.2 Å². The number of rotatable bonds is 5. The van der Waals surface area contributed by atoms with Crippen molar-refractivity contribution in [2.24, 2.45) is 0 Å². The molecule has 1 amide bonds. The van der Waals surface area contributed by atoms with E-state index in [1.54, 1.807) is 24.3 Å². The number of amides is 1. The first-order valence-corrected chi connectivity index (χ1v) is 12.2. The summed E-state index contributed by atoms with van der Waals surface area (Å²) in [7, 11) is 0. The molecular formula is C25H21Cl2N3O2S. The molecule has 1 aliphatic carbocycles. The van der Waals surface area contributed by atoms with E-state index in [0.717, 1.165) is 29.7 Å². The molecule has 2 N–H and O–H groups in total. The number of benzene rings is 2. The predicted octanol–water partition coefficient (Wildman–Crippen LogP) is 6.10. The summed E-state index contributed by atoms with van der Waals surface area (Å²) in [6, 6.07) is 14.8. The molecule has 168 valence electrons. The third kappa shape index (κ3) is 5.11. The molecule has 0 saturated heterocycles. The van der Waals surface area contributed by atoms with Gasteiger partial charge in [0.1, 0.15) is 0 Å². The van der Waals surface area contributed by atoms with Gasteiger partial charge in [-0.15, -0.1) is 0 Å². The van der Waals surface area contributed by atoms with Crippen LogP contribution in [0.25, 0.3) is 0 Å². The molecule has 0 saturated carbocycles. The van der Waals surface area contributed by atoms with Gasteiger partial charge in [0, 0.05) is 33.4 Å². The lowest BCUT2D eigenvalue weighted by Gasteiger charge is -2.33. The van der Waals surface area contributed by atoms with E-state index < -0.39 is 5.92 Å². The minimum Gasteiger partial charge on any atom is -0.352 e. The van der Waals surface area contributed by atoms with Crippen LogP contribution in [-0.4, -0.2) is 17.4 Å². The van der Waals surface area contributed by atoms with Crippen LogP contribution in [0.4, 0.5) is 5.69 Å². The molecule has 5 nitrogen and oxygen atoms in total. The molecule has 4 rings (SSSR count). The average molecular weight is 498 g/mol. The highest BCUT2D eigenvalue weighted by Crippen LogP contribution is 2.44. The number of thioether (sulfide) groups is 1. The van der Waals surface area contributed by atoms with E-state index in [4.69, 9.17) is 23.2 Å². The van der Waals surface area contributed by atoms with Gasteiger partial charge in [0.15, 0.2) is 5.78 Å². The Morgan fingerprint density at radius 2 is 1.97 bits per heavy atom. The van der Waals surface area contributed by atoms with Crippen molar-refractivity contribution >= 4 is 52.3 Å². The minimum atomic E-state index is -0.474. The Labute approximate surface area is 206 Å². The Bertz CT molecular complexity index is 1230. The SMILES string of the molecule is Cc1ccc(NC(=O)CSC2=C(C#N)[C@@H](c3ccc(Cl)cc3)C3=C(CCCC3=O)N2)cc1Cl. The van der Waals surface area contributed by atoms with Crippen molar-refractivity contribution < 1.29 is 9.59 Å². The second-order valence-corrected chi connectivity index (χ2v) is 9.76. The largest absolute Gasteiger partial charge is 0.352 e. The maximum absolute atomic E-state index is 12.8. The van der Waals surface area contributed by atoms with Gasteiger partial charge in [0.05, 0.1) is 28.3 Å². The second kappa shape index (κ2) is 10.0. The third-order valence-corrected chi connectivity index (χ3v) is 7.35. The van der Waals surface area contributed by atoms with E-state index in [9.17, 15) is 14.9 Å². The van der Waals surface area contributed by atoms with Gasteiger partial charge < -0.3 is 10.6 Å². The first-order valence-electron chi connectivity index (χ1n) is 10.5. The standard InChI is InChI=1S/C25H21Cl2N3O2S/c1-14-5-10-17(11-19(14)27)29-22(32)13-33-25-18(12-28)23(15-6-8-16(26)9-7-15)24-20(30-25)3-2-4-21(24)31/h5-11,23,30H,2-4,13H2,1H3,(H,29,32)/t23-/m1/s1. The van der Waals surface area contributed by atoms with Crippen LogP contribution in [0, 0.1) is 18.3 Å².